The number of benzene rings is 2. The molecule has 4 nitrogen and oxygen atoms in total. The predicted octanol–water partition coefficient (Wildman–Crippen LogP) is 3.08. The summed E-state index contributed by atoms with van der Waals surface area (Å²) in [7, 11) is 5.88. The first-order chi connectivity index (χ1) is 10.0. The Bertz CT molecular complexity index is 694. The van der Waals surface area contributed by atoms with Gasteiger partial charge in [0.25, 0.3) is 5.91 Å². The lowest BCUT2D eigenvalue weighted by atomic mass is 10.1. The number of nitrogens with one attached hydrogen (secondary N) is 1. The number of rotatable bonds is 3. The number of carbonyl (C=O) groups excluding carboxylic acids is 1. The summed E-state index contributed by atoms with van der Waals surface area (Å²) in [5.41, 5.74) is 5.09. The Morgan fingerprint density at radius 3 is 2.62 bits per heavy atom. The van der Waals surface area contributed by atoms with Crippen LogP contribution in [-0.4, -0.2) is 32.0 Å². The Labute approximate surface area is 125 Å². The summed E-state index contributed by atoms with van der Waals surface area (Å²) in [5.74, 6) is 0.103. The maximum Gasteiger partial charge on any atom is 0.254 e. The van der Waals surface area contributed by atoms with E-state index in [1.807, 2.05) is 45.4 Å². The molecule has 2 aromatic carbocycles. The number of hydrogen-bond donors (Lipinski definition) is 1. The lowest BCUT2D eigenvalue weighted by molar-refractivity contribution is 0.0816. The van der Waals surface area contributed by atoms with Gasteiger partial charge in [-0.1, -0.05) is 6.07 Å². The van der Waals surface area contributed by atoms with E-state index < -0.39 is 0 Å². The average molecular weight is 281 g/mol. The first-order valence-corrected chi connectivity index (χ1v) is 6.97. The number of anilines is 3. The Balaban J connectivity index is 1.85. The van der Waals surface area contributed by atoms with Gasteiger partial charge in [0.05, 0.1) is 0 Å². The number of carbonyl (C=O) groups is 1. The van der Waals surface area contributed by atoms with E-state index >= 15 is 0 Å². The van der Waals surface area contributed by atoms with E-state index in [0.29, 0.717) is 6.54 Å². The molecule has 4 heteroatoms. The van der Waals surface area contributed by atoms with E-state index in [2.05, 4.69) is 28.4 Å². The molecular formula is C17H19N3O. The van der Waals surface area contributed by atoms with Crippen LogP contribution in [0.25, 0.3) is 0 Å². The van der Waals surface area contributed by atoms with Crippen LogP contribution in [0.1, 0.15) is 15.9 Å². The summed E-state index contributed by atoms with van der Waals surface area (Å²) in [4.78, 5) is 15.7. The molecule has 0 aliphatic carbocycles. The van der Waals surface area contributed by atoms with Crippen LogP contribution >= 0.6 is 0 Å². The van der Waals surface area contributed by atoms with E-state index in [0.717, 1.165) is 28.2 Å². The van der Waals surface area contributed by atoms with Crippen molar-refractivity contribution in [1.29, 1.82) is 0 Å². The molecule has 1 aliphatic rings. The Kier molecular flexibility index (Phi) is 3.29. The Morgan fingerprint density at radius 2 is 1.86 bits per heavy atom. The van der Waals surface area contributed by atoms with Crippen molar-refractivity contribution in [2.75, 3.05) is 31.4 Å². The molecule has 1 aliphatic heterocycles. The number of amides is 1. The number of nitrogens with zero attached hydrogens (tertiary/aromatic N) is 2. The molecule has 1 amide bonds. The summed E-state index contributed by atoms with van der Waals surface area (Å²) in [6, 6.07) is 14.2. The van der Waals surface area contributed by atoms with Crippen molar-refractivity contribution in [3.8, 4) is 0 Å². The fourth-order valence-corrected chi connectivity index (χ4v) is 2.57. The minimum absolute atomic E-state index is 0.103. The molecule has 2 aromatic rings. The van der Waals surface area contributed by atoms with Crippen LogP contribution in [0.15, 0.2) is 42.5 Å². The molecule has 0 radical (unpaired) electrons. The smallest absolute Gasteiger partial charge is 0.254 e. The molecule has 3 rings (SSSR count). The highest BCUT2D eigenvalue weighted by Crippen LogP contribution is 2.27. The van der Waals surface area contributed by atoms with Crippen LogP contribution in [0.4, 0.5) is 17.1 Å². The van der Waals surface area contributed by atoms with Gasteiger partial charge in [-0.15, -0.1) is 0 Å². The van der Waals surface area contributed by atoms with Gasteiger partial charge in [0, 0.05) is 50.3 Å². The highest BCUT2D eigenvalue weighted by molar-refractivity contribution is 5.98. The molecule has 0 aromatic heterocycles. The van der Waals surface area contributed by atoms with E-state index in [1.165, 1.54) is 0 Å². The molecule has 108 valence electrons. The highest BCUT2D eigenvalue weighted by Gasteiger charge is 2.24. The predicted molar refractivity (Wildman–Crippen MR) is 86.3 cm³/mol. The molecule has 1 N–H and O–H groups in total. The van der Waals surface area contributed by atoms with Crippen molar-refractivity contribution in [3.05, 3.63) is 53.6 Å². The fourth-order valence-electron chi connectivity index (χ4n) is 2.57. The first kappa shape index (κ1) is 13.5. The van der Waals surface area contributed by atoms with Crippen LogP contribution < -0.4 is 10.2 Å². The molecule has 0 saturated carbocycles. The van der Waals surface area contributed by atoms with Gasteiger partial charge in [-0.2, -0.15) is 0 Å². The van der Waals surface area contributed by atoms with Gasteiger partial charge in [0.1, 0.15) is 0 Å². The summed E-state index contributed by atoms with van der Waals surface area (Å²) < 4.78 is 0. The quantitative estimate of drug-likeness (QED) is 0.939. The van der Waals surface area contributed by atoms with Gasteiger partial charge in [-0.25, -0.2) is 0 Å². The third-order valence-electron chi connectivity index (χ3n) is 3.74. The van der Waals surface area contributed by atoms with Crippen LogP contribution in [-0.2, 0) is 6.54 Å². The summed E-state index contributed by atoms with van der Waals surface area (Å²) in [5, 5.41) is 3.40. The average Bonchev–Trinajstić information content (AvgIpc) is 2.74. The molecule has 0 fully saturated rings. The van der Waals surface area contributed by atoms with E-state index in [9.17, 15) is 4.79 Å². The van der Waals surface area contributed by atoms with Gasteiger partial charge < -0.3 is 15.1 Å². The van der Waals surface area contributed by atoms with E-state index in [-0.39, 0.29) is 5.91 Å². The monoisotopic (exact) mass is 281 g/mol. The molecule has 0 spiro atoms. The normalized spacial score (nSPS) is 13.3. The largest absolute Gasteiger partial charge is 0.378 e. The lowest BCUT2D eigenvalue weighted by Crippen LogP contribution is -2.17. The summed E-state index contributed by atoms with van der Waals surface area (Å²) >= 11 is 0. The molecule has 21 heavy (non-hydrogen) atoms. The van der Waals surface area contributed by atoms with Crippen LogP contribution in [0.2, 0.25) is 0 Å². The van der Waals surface area contributed by atoms with E-state index in [4.69, 9.17) is 0 Å². The SMILES string of the molecule is CN1Cc2cc(Nc3cccc(N(C)C)c3)ccc2C1=O. The summed E-state index contributed by atoms with van der Waals surface area (Å²) in [6.45, 7) is 0.682. The third kappa shape index (κ3) is 2.57. The Hall–Kier alpha value is -2.49. The van der Waals surface area contributed by atoms with Gasteiger partial charge in [-0.3, -0.25) is 4.79 Å². The lowest BCUT2D eigenvalue weighted by Gasteiger charge is -2.14. The Morgan fingerprint density at radius 1 is 1.10 bits per heavy atom. The fraction of sp³-hybridized carbons (Fsp3) is 0.235. The highest BCUT2D eigenvalue weighted by atomic mass is 16.2. The van der Waals surface area contributed by atoms with Gasteiger partial charge >= 0.3 is 0 Å². The van der Waals surface area contributed by atoms with Gasteiger partial charge in [0.2, 0.25) is 0 Å². The molecule has 1 heterocycles. The van der Waals surface area contributed by atoms with Crippen molar-refractivity contribution in [2.24, 2.45) is 0 Å². The minimum Gasteiger partial charge on any atom is -0.378 e. The second-order valence-electron chi connectivity index (χ2n) is 5.60. The number of fused-ring (bicyclic) bond motifs is 1. The standard InChI is InChI=1S/C17H19N3O/c1-19(2)15-6-4-5-13(10-15)18-14-7-8-16-12(9-14)11-20(3)17(16)21/h4-10,18H,11H2,1-3H3. The molecular weight excluding hydrogens is 262 g/mol. The van der Waals surface area contributed by atoms with Crippen LogP contribution in [0.3, 0.4) is 0 Å². The zero-order valence-electron chi connectivity index (χ0n) is 12.6. The maximum atomic E-state index is 11.9. The van der Waals surface area contributed by atoms with Gasteiger partial charge in [-0.05, 0) is 42.0 Å². The number of hydrogen-bond acceptors (Lipinski definition) is 3. The minimum atomic E-state index is 0.103. The molecule has 0 saturated heterocycles. The van der Waals surface area contributed by atoms with Crippen LogP contribution in [0, 0.1) is 0 Å². The van der Waals surface area contributed by atoms with E-state index in [1.54, 1.807) is 4.90 Å². The second kappa shape index (κ2) is 5.13. The topological polar surface area (TPSA) is 35.6 Å². The third-order valence-corrected chi connectivity index (χ3v) is 3.74. The van der Waals surface area contributed by atoms with Crippen molar-refractivity contribution in [3.63, 3.8) is 0 Å². The molecule has 0 bridgehead atoms. The molecule has 0 unspecified atom stereocenters. The second-order valence-corrected chi connectivity index (χ2v) is 5.60. The zero-order chi connectivity index (χ0) is 15.0. The van der Waals surface area contributed by atoms with Crippen molar-refractivity contribution in [2.45, 2.75) is 6.54 Å². The zero-order valence-corrected chi connectivity index (χ0v) is 12.6. The van der Waals surface area contributed by atoms with Gasteiger partial charge in [0.15, 0.2) is 0 Å². The van der Waals surface area contributed by atoms with Crippen molar-refractivity contribution < 1.29 is 4.79 Å². The maximum absolute atomic E-state index is 11.9. The van der Waals surface area contributed by atoms with Crippen molar-refractivity contribution >= 4 is 23.0 Å². The summed E-state index contributed by atoms with van der Waals surface area (Å²) in [6.07, 6.45) is 0. The van der Waals surface area contributed by atoms with Crippen LogP contribution in [0.5, 0.6) is 0 Å². The first-order valence-electron chi connectivity index (χ1n) is 6.97. The van der Waals surface area contributed by atoms with Crippen molar-refractivity contribution in [1.82, 2.24) is 4.90 Å². The molecule has 0 atom stereocenters.